The number of ether oxygens (including phenoxy) is 1. The third kappa shape index (κ3) is 3.93. The highest BCUT2D eigenvalue weighted by atomic mass is 32.2. The standard InChI is InChI=1S/C16H19NOS/c1-3-18-16-7-5-4-6-13(16)12-17-14-8-10-15(19-2)11-9-14/h4-11,17H,3,12H2,1-2H3. The Balaban J connectivity index is 2.01. The molecule has 19 heavy (non-hydrogen) atoms. The molecule has 3 heteroatoms. The third-order valence-electron chi connectivity index (χ3n) is 2.85. The van der Waals surface area contributed by atoms with Gasteiger partial charge >= 0.3 is 0 Å². The molecule has 0 fully saturated rings. The van der Waals surface area contributed by atoms with Gasteiger partial charge in [0.2, 0.25) is 0 Å². The van der Waals surface area contributed by atoms with Crippen LogP contribution in [0.2, 0.25) is 0 Å². The SMILES string of the molecule is CCOc1ccccc1CNc1ccc(SC)cc1. The summed E-state index contributed by atoms with van der Waals surface area (Å²) in [5, 5.41) is 3.42. The average Bonchev–Trinajstić information content (AvgIpc) is 2.47. The smallest absolute Gasteiger partial charge is 0.124 e. The second kappa shape index (κ2) is 7.10. The number of hydrogen-bond acceptors (Lipinski definition) is 3. The highest BCUT2D eigenvalue weighted by Crippen LogP contribution is 2.21. The summed E-state index contributed by atoms with van der Waals surface area (Å²) in [6.45, 7) is 3.47. The van der Waals surface area contributed by atoms with Gasteiger partial charge in [-0.1, -0.05) is 18.2 Å². The topological polar surface area (TPSA) is 21.3 Å². The maximum atomic E-state index is 5.62. The Morgan fingerprint density at radius 2 is 1.79 bits per heavy atom. The van der Waals surface area contributed by atoms with Gasteiger partial charge in [-0.25, -0.2) is 0 Å². The number of para-hydroxylation sites is 1. The molecule has 0 aliphatic carbocycles. The summed E-state index contributed by atoms with van der Waals surface area (Å²) < 4.78 is 5.62. The van der Waals surface area contributed by atoms with Gasteiger partial charge in [0.1, 0.15) is 5.75 Å². The largest absolute Gasteiger partial charge is 0.494 e. The van der Waals surface area contributed by atoms with E-state index in [4.69, 9.17) is 4.74 Å². The molecule has 0 heterocycles. The van der Waals surface area contributed by atoms with Gasteiger partial charge in [-0.05, 0) is 43.5 Å². The molecule has 0 atom stereocenters. The minimum Gasteiger partial charge on any atom is -0.494 e. The number of rotatable bonds is 6. The van der Waals surface area contributed by atoms with E-state index in [1.54, 1.807) is 11.8 Å². The van der Waals surface area contributed by atoms with E-state index >= 15 is 0 Å². The second-order valence-electron chi connectivity index (χ2n) is 4.12. The van der Waals surface area contributed by atoms with Crippen LogP contribution in [0.1, 0.15) is 12.5 Å². The van der Waals surface area contributed by atoms with Gasteiger partial charge in [-0.2, -0.15) is 0 Å². The Morgan fingerprint density at radius 1 is 1.05 bits per heavy atom. The molecule has 0 saturated carbocycles. The van der Waals surface area contributed by atoms with Crippen molar-refractivity contribution in [3.05, 3.63) is 54.1 Å². The van der Waals surface area contributed by atoms with Crippen molar-refractivity contribution in [3.63, 3.8) is 0 Å². The molecule has 0 aromatic heterocycles. The Kier molecular flexibility index (Phi) is 5.16. The van der Waals surface area contributed by atoms with E-state index in [-0.39, 0.29) is 0 Å². The maximum absolute atomic E-state index is 5.62. The molecular weight excluding hydrogens is 254 g/mol. The van der Waals surface area contributed by atoms with E-state index in [0.29, 0.717) is 6.61 Å². The maximum Gasteiger partial charge on any atom is 0.124 e. The molecule has 1 N–H and O–H groups in total. The van der Waals surface area contributed by atoms with E-state index in [2.05, 4.69) is 41.9 Å². The zero-order valence-corrected chi connectivity index (χ0v) is 12.2. The van der Waals surface area contributed by atoms with E-state index in [1.807, 2.05) is 25.1 Å². The van der Waals surface area contributed by atoms with Crippen molar-refractivity contribution in [2.75, 3.05) is 18.2 Å². The van der Waals surface area contributed by atoms with Gasteiger partial charge in [-0.3, -0.25) is 0 Å². The first-order chi connectivity index (χ1) is 9.33. The monoisotopic (exact) mass is 273 g/mol. The predicted octanol–water partition coefficient (Wildman–Crippen LogP) is 4.42. The van der Waals surface area contributed by atoms with Gasteiger partial charge in [0.25, 0.3) is 0 Å². The molecule has 2 aromatic rings. The fraction of sp³-hybridized carbons (Fsp3) is 0.250. The highest BCUT2D eigenvalue weighted by molar-refractivity contribution is 7.98. The Bertz CT molecular complexity index is 510. The molecule has 0 unspecified atom stereocenters. The minimum atomic E-state index is 0.694. The minimum absolute atomic E-state index is 0.694. The van der Waals surface area contributed by atoms with Crippen LogP contribution in [0.5, 0.6) is 5.75 Å². The van der Waals surface area contributed by atoms with Gasteiger partial charge < -0.3 is 10.1 Å². The first-order valence-corrected chi connectivity index (χ1v) is 7.64. The highest BCUT2D eigenvalue weighted by Gasteiger charge is 2.02. The molecule has 0 bridgehead atoms. The average molecular weight is 273 g/mol. The molecular formula is C16H19NOS. The summed E-state index contributed by atoms with van der Waals surface area (Å²) in [6.07, 6.45) is 2.08. The molecule has 0 spiro atoms. The summed E-state index contributed by atoms with van der Waals surface area (Å²) in [7, 11) is 0. The van der Waals surface area contributed by atoms with Crippen LogP contribution in [0, 0.1) is 0 Å². The van der Waals surface area contributed by atoms with Gasteiger partial charge in [0, 0.05) is 22.7 Å². The van der Waals surface area contributed by atoms with Gasteiger partial charge in [0.15, 0.2) is 0 Å². The Hall–Kier alpha value is -1.61. The molecule has 0 amide bonds. The van der Waals surface area contributed by atoms with E-state index in [1.165, 1.54) is 10.5 Å². The summed E-state index contributed by atoms with van der Waals surface area (Å²) >= 11 is 1.75. The number of benzene rings is 2. The normalized spacial score (nSPS) is 10.2. The fourth-order valence-corrected chi connectivity index (χ4v) is 2.26. The summed E-state index contributed by atoms with van der Waals surface area (Å²) in [4.78, 5) is 1.28. The molecule has 2 nitrogen and oxygen atoms in total. The molecule has 2 rings (SSSR count). The van der Waals surface area contributed by atoms with E-state index in [9.17, 15) is 0 Å². The fourth-order valence-electron chi connectivity index (χ4n) is 1.85. The number of thioether (sulfide) groups is 1. The molecule has 0 aliphatic rings. The van der Waals surface area contributed by atoms with Crippen molar-refractivity contribution in [3.8, 4) is 5.75 Å². The lowest BCUT2D eigenvalue weighted by Gasteiger charge is -2.11. The van der Waals surface area contributed by atoms with Crippen LogP contribution < -0.4 is 10.1 Å². The summed E-state index contributed by atoms with van der Waals surface area (Å²) in [5.41, 5.74) is 2.31. The van der Waals surface area contributed by atoms with Crippen LogP contribution in [0.25, 0.3) is 0 Å². The van der Waals surface area contributed by atoms with E-state index < -0.39 is 0 Å². The van der Waals surface area contributed by atoms with Crippen molar-refractivity contribution in [1.82, 2.24) is 0 Å². The molecule has 0 saturated heterocycles. The van der Waals surface area contributed by atoms with Crippen LogP contribution in [0.3, 0.4) is 0 Å². The van der Waals surface area contributed by atoms with Crippen LogP contribution in [0.15, 0.2) is 53.4 Å². The van der Waals surface area contributed by atoms with Crippen LogP contribution in [-0.4, -0.2) is 12.9 Å². The lowest BCUT2D eigenvalue weighted by Crippen LogP contribution is -2.02. The van der Waals surface area contributed by atoms with Crippen molar-refractivity contribution in [2.24, 2.45) is 0 Å². The zero-order chi connectivity index (χ0) is 13.5. The molecule has 100 valence electrons. The van der Waals surface area contributed by atoms with Gasteiger partial charge in [-0.15, -0.1) is 11.8 Å². The number of nitrogens with one attached hydrogen (secondary N) is 1. The third-order valence-corrected chi connectivity index (χ3v) is 3.59. The quantitative estimate of drug-likeness (QED) is 0.787. The Labute approximate surface area is 119 Å². The van der Waals surface area contributed by atoms with Crippen molar-refractivity contribution < 1.29 is 4.74 Å². The lowest BCUT2D eigenvalue weighted by atomic mass is 10.2. The van der Waals surface area contributed by atoms with Crippen LogP contribution in [-0.2, 0) is 6.54 Å². The first kappa shape index (κ1) is 13.8. The molecule has 0 radical (unpaired) electrons. The summed E-state index contributed by atoms with van der Waals surface area (Å²) in [6, 6.07) is 16.6. The molecule has 2 aromatic carbocycles. The molecule has 0 aliphatic heterocycles. The predicted molar refractivity (Wildman–Crippen MR) is 83.2 cm³/mol. The van der Waals surface area contributed by atoms with Crippen molar-refractivity contribution in [1.29, 1.82) is 0 Å². The number of anilines is 1. The Morgan fingerprint density at radius 3 is 2.47 bits per heavy atom. The van der Waals surface area contributed by atoms with Gasteiger partial charge in [0.05, 0.1) is 6.61 Å². The lowest BCUT2D eigenvalue weighted by molar-refractivity contribution is 0.337. The second-order valence-corrected chi connectivity index (χ2v) is 5.00. The zero-order valence-electron chi connectivity index (χ0n) is 11.3. The van der Waals surface area contributed by atoms with Crippen molar-refractivity contribution in [2.45, 2.75) is 18.4 Å². The van der Waals surface area contributed by atoms with E-state index in [0.717, 1.165) is 18.0 Å². The van der Waals surface area contributed by atoms with Crippen LogP contribution >= 0.6 is 11.8 Å². The van der Waals surface area contributed by atoms with Crippen LogP contribution in [0.4, 0.5) is 5.69 Å². The van der Waals surface area contributed by atoms with Crippen molar-refractivity contribution >= 4 is 17.4 Å². The summed E-state index contributed by atoms with van der Waals surface area (Å²) in [5.74, 6) is 0.957. The first-order valence-electron chi connectivity index (χ1n) is 6.42. The number of hydrogen-bond donors (Lipinski definition) is 1.